The van der Waals surface area contributed by atoms with Gasteiger partial charge in [0, 0.05) is 25.3 Å². The number of likely N-dealkylation sites (tertiary alicyclic amines) is 1. The Hall–Kier alpha value is -3.43. The Labute approximate surface area is 202 Å². The summed E-state index contributed by atoms with van der Waals surface area (Å²) in [6.07, 6.45) is 0. The maximum absolute atomic E-state index is 13.2. The Kier molecular flexibility index (Phi) is 7.90. The smallest absolute Gasteiger partial charge is 0.295 e. The van der Waals surface area contributed by atoms with Crippen molar-refractivity contribution < 1.29 is 38.4 Å². The number of methoxy groups -OCH3 is 5. The van der Waals surface area contributed by atoms with Gasteiger partial charge in [0.1, 0.15) is 17.3 Å². The molecule has 3 rings (SSSR count). The van der Waals surface area contributed by atoms with Crippen molar-refractivity contribution in [1.29, 1.82) is 0 Å². The lowest BCUT2D eigenvalue weighted by atomic mass is 9.94. The topological polar surface area (TPSA) is 104 Å². The summed E-state index contributed by atoms with van der Waals surface area (Å²) < 4.78 is 26.7. The van der Waals surface area contributed by atoms with Crippen LogP contribution < -0.4 is 18.9 Å². The van der Waals surface area contributed by atoms with Crippen molar-refractivity contribution in [3.8, 4) is 23.0 Å². The predicted molar refractivity (Wildman–Crippen MR) is 125 cm³/mol. The van der Waals surface area contributed by atoms with Gasteiger partial charge in [-0.05, 0) is 12.1 Å². The van der Waals surface area contributed by atoms with Gasteiger partial charge in [0.05, 0.1) is 57.2 Å². The molecule has 34 heavy (non-hydrogen) atoms. The molecule has 1 amide bonds. The van der Waals surface area contributed by atoms with Crippen LogP contribution in [0.5, 0.6) is 23.0 Å². The number of carbonyl (C=O) groups is 2. The molecule has 1 atom stereocenters. The minimum absolute atomic E-state index is 0.101. The Balaban J connectivity index is 2.32. The summed E-state index contributed by atoms with van der Waals surface area (Å²) in [5.74, 6) is -0.841. The second kappa shape index (κ2) is 10.7. The zero-order chi connectivity index (χ0) is 25.0. The average molecular weight is 492 g/mol. The number of ketones is 1. The average Bonchev–Trinajstić information content (AvgIpc) is 3.10. The number of para-hydroxylation sites is 1. The van der Waals surface area contributed by atoms with E-state index in [1.54, 1.807) is 18.2 Å². The minimum Gasteiger partial charge on any atom is -0.507 e. The van der Waals surface area contributed by atoms with Gasteiger partial charge in [0.25, 0.3) is 11.7 Å². The fourth-order valence-electron chi connectivity index (χ4n) is 3.94. The molecule has 1 heterocycles. The molecule has 1 saturated heterocycles. The lowest BCUT2D eigenvalue weighted by Gasteiger charge is -2.27. The molecular formula is C24H26ClNO8. The molecule has 2 aromatic rings. The number of rotatable bonds is 9. The van der Waals surface area contributed by atoms with E-state index in [0.29, 0.717) is 22.8 Å². The molecule has 1 aliphatic heterocycles. The molecule has 0 aromatic heterocycles. The molecule has 1 aliphatic rings. The number of halogens is 1. The van der Waals surface area contributed by atoms with Crippen LogP contribution in [0.25, 0.3) is 5.76 Å². The summed E-state index contributed by atoms with van der Waals surface area (Å²) in [6, 6.07) is 7.01. The Bertz CT molecular complexity index is 1130. The quantitative estimate of drug-likeness (QED) is 0.323. The van der Waals surface area contributed by atoms with Gasteiger partial charge >= 0.3 is 0 Å². The van der Waals surface area contributed by atoms with Crippen LogP contribution in [-0.4, -0.2) is 70.4 Å². The van der Waals surface area contributed by atoms with Crippen molar-refractivity contribution in [2.45, 2.75) is 6.04 Å². The number of ether oxygens (including phenoxy) is 5. The standard InChI is InChI=1S/C24H26ClNO8/c1-30-10-9-26-20(13-7-6-8-16(31-2)23(13)34-5)19(22(28)24(26)29)21(27)14-11-15(25)18(33-4)12-17(14)32-3/h6-8,11-12,20,27H,9-10H2,1-5H3/b21-19+. The molecule has 1 unspecified atom stereocenters. The van der Waals surface area contributed by atoms with Gasteiger partial charge < -0.3 is 33.7 Å². The summed E-state index contributed by atoms with van der Waals surface area (Å²) in [7, 11) is 7.26. The first-order valence-electron chi connectivity index (χ1n) is 10.2. The highest BCUT2D eigenvalue weighted by Gasteiger charge is 2.47. The van der Waals surface area contributed by atoms with Crippen molar-refractivity contribution in [3.05, 3.63) is 52.1 Å². The third kappa shape index (κ3) is 4.36. The number of hydrogen-bond acceptors (Lipinski definition) is 8. The van der Waals surface area contributed by atoms with Crippen molar-refractivity contribution in [2.75, 3.05) is 48.7 Å². The predicted octanol–water partition coefficient (Wildman–Crippen LogP) is 3.44. The van der Waals surface area contributed by atoms with Gasteiger partial charge in [-0.2, -0.15) is 0 Å². The molecule has 0 spiro atoms. The van der Waals surface area contributed by atoms with Crippen LogP contribution in [0.1, 0.15) is 17.2 Å². The summed E-state index contributed by atoms with van der Waals surface area (Å²) in [5, 5.41) is 11.6. The van der Waals surface area contributed by atoms with Gasteiger partial charge in [0.2, 0.25) is 0 Å². The van der Waals surface area contributed by atoms with Crippen molar-refractivity contribution in [3.63, 3.8) is 0 Å². The van der Waals surface area contributed by atoms with Crippen LogP contribution in [0.4, 0.5) is 0 Å². The highest BCUT2D eigenvalue weighted by molar-refractivity contribution is 6.46. The number of hydrogen-bond donors (Lipinski definition) is 1. The molecule has 0 saturated carbocycles. The Morgan fingerprint density at radius 1 is 0.971 bits per heavy atom. The fourth-order valence-corrected chi connectivity index (χ4v) is 4.18. The zero-order valence-electron chi connectivity index (χ0n) is 19.5. The minimum atomic E-state index is -0.981. The van der Waals surface area contributed by atoms with Crippen molar-refractivity contribution >= 4 is 29.1 Å². The molecule has 1 N–H and O–H groups in total. The number of aliphatic hydroxyl groups excluding tert-OH is 1. The highest BCUT2D eigenvalue weighted by atomic mass is 35.5. The van der Waals surface area contributed by atoms with E-state index in [1.165, 1.54) is 52.6 Å². The third-order valence-electron chi connectivity index (χ3n) is 5.53. The number of amides is 1. The summed E-state index contributed by atoms with van der Waals surface area (Å²) in [5.41, 5.74) is 0.439. The van der Waals surface area contributed by atoms with Gasteiger partial charge in [-0.3, -0.25) is 9.59 Å². The van der Waals surface area contributed by atoms with E-state index >= 15 is 0 Å². The Morgan fingerprint density at radius 3 is 2.24 bits per heavy atom. The molecule has 2 aromatic carbocycles. The maximum Gasteiger partial charge on any atom is 0.295 e. The first kappa shape index (κ1) is 25.2. The second-order valence-corrected chi connectivity index (χ2v) is 7.66. The summed E-state index contributed by atoms with van der Waals surface area (Å²) in [4.78, 5) is 27.6. The normalized spacial score (nSPS) is 17.1. The van der Waals surface area contributed by atoms with E-state index in [-0.39, 0.29) is 35.1 Å². The van der Waals surface area contributed by atoms with Gasteiger partial charge in [-0.15, -0.1) is 0 Å². The lowest BCUT2D eigenvalue weighted by molar-refractivity contribution is -0.140. The maximum atomic E-state index is 13.2. The van der Waals surface area contributed by atoms with Gasteiger partial charge in [-0.1, -0.05) is 23.7 Å². The van der Waals surface area contributed by atoms with Gasteiger partial charge in [-0.25, -0.2) is 0 Å². The number of benzene rings is 2. The van der Waals surface area contributed by atoms with E-state index in [2.05, 4.69) is 0 Å². The first-order valence-corrected chi connectivity index (χ1v) is 10.6. The fraction of sp³-hybridized carbons (Fsp3) is 0.333. The monoisotopic (exact) mass is 491 g/mol. The molecule has 0 radical (unpaired) electrons. The summed E-state index contributed by atoms with van der Waals surface area (Å²) in [6.45, 7) is 0.275. The van der Waals surface area contributed by atoms with Crippen molar-refractivity contribution in [1.82, 2.24) is 4.90 Å². The van der Waals surface area contributed by atoms with E-state index in [9.17, 15) is 14.7 Å². The van der Waals surface area contributed by atoms with E-state index < -0.39 is 23.5 Å². The van der Waals surface area contributed by atoms with Crippen LogP contribution in [0.3, 0.4) is 0 Å². The third-order valence-corrected chi connectivity index (χ3v) is 5.83. The Morgan fingerprint density at radius 2 is 1.65 bits per heavy atom. The molecular weight excluding hydrogens is 466 g/mol. The van der Waals surface area contributed by atoms with E-state index in [0.717, 1.165) is 0 Å². The van der Waals surface area contributed by atoms with Gasteiger partial charge in [0.15, 0.2) is 11.5 Å². The molecule has 182 valence electrons. The zero-order valence-corrected chi connectivity index (χ0v) is 20.3. The number of carbonyl (C=O) groups excluding carboxylic acids is 2. The molecule has 0 bridgehead atoms. The molecule has 10 heteroatoms. The first-order chi connectivity index (χ1) is 16.3. The van der Waals surface area contributed by atoms with E-state index in [1.807, 2.05) is 0 Å². The number of aliphatic hydroxyl groups is 1. The van der Waals surface area contributed by atoms with Crippen LogP contribution >= 0.6 is 11.6 Å². The summed E-state index contributed by atoms with van der Waals surface area (Å²) >= 11 is 6.28. The molecule has 1 fully saturated rings. The number of nitrogens with zero attached hydrogens (tertiary/aromatic N) is 1. The van der Waals surface area contributed by atoms with Crippen LogP contribution in [0, 0.1) is 0 Å². The van der Waals surface area contributed by atoms with Crippen LogP contribution in [0.2, 0.25) is 5.02 Å². The van der Waals surface area contributed by atoms with E-state index in [4.69, 9.17) is 35.3 Å². The molecule has 9 nitrogen and oxygen atoms in total. The largest absolute Gasteiger partial charge is 0.507 e. The SMILES string of the molecule is COCCN1C(=O)C(=O)/C(=C(/O)c2cc(Cl)c(OC)cc2OC)C1c1cccc(OC)c1OC. The molecule has 0 aliphatic carbocycles. The lowest BCUT2D eigenvalue weighted by Crippen LogP contribution is -2.32. The highest BCUT2D eigenvalue weighted by Crippen LogP contribution is 2.46. The van der Waals surface area contributed by atoms with Crippen LogP contribution in [-0.2, 0) is 14.3 Å². The number of Topliss-reactive ketones (excluding diaryl/α,β-unsaturated/α-hetero) is 1. The van der Waals surface area contributed by atoms with Crippen molar-refractivity contribution in [2.24, 2.45) is 0 Å². The van der Waals surface area contributed by atoms with Crippen LogP contribution in [0.15, 0.2) is 35.9 Å². The second-order valence-electron chi connectivity index (χ2n) is 7.26.